The maximum Gasteiger partial charge on any atom is 0.330 e. The van der Waals surface area contributed by atoms with E-state index in [9.17, 15) is 15.2 Å². The molecule has 4 aliphatic heterocycles. The van der Waals surface area contributed by atoms with E-state index in [0.29, 0.717) is 52.5 Å². The number of carbonyl (C=O) groups excluding carboxylic acids is 1. The van der Waals surface area contributed by atoms with Gasteiger partial charge in [-0.2, -0.15) is 5.26 Å². The quantitative estimate of drug-likeness (QED) is 0.206. The monoisotopic (exact) mass is 653 g/mol. The lowest BCUT2D eigenvalue weighted by Crippen LogP contribution is -2.68. The van der Waals surface area contributed by atoms with Crippen molar-refractivity contribution in [2.24, 2.45) is 0 Å². The topological polar surface area (TPSA) is 123 Å². The number of hydrogen-bond acceptors (Lipinski definition) is 11. The number of benzene rings is 3. The van der Waals surface area contributed by atoms with Crippen molar-refractivity contribution in [1.29, 1.82) is 5.26 Å². The van der Waals surface area contributed by atoms with Crippen LogP contribution in [-0.2, 0) is 27.1 Å². The summed E-state index contributed by atoms with van der Waals surface area (Å²) in [6.07, 6.45) is 4.10. The third-order valence-corrected chi connectivity index (χ3v) is 10.2. The summed E-state index contributed by atoms with van der Waals surface area (Å²) < 4.78 is 35.3. The summed E-state index contributed by atoms with van der Waals surface area (Å²) in [4.78, 5) is 17.6. The van der Waals surface area contributed by atoms with Crippen molar-refractivity contribution in [1.82, 2.24) is 9.80 Å². The summed E-state index contributed by atoms with van der Waals surface area (Å²) in [5.41, 5.74) is 5.79. The van der Waals surface area contributed by atoms with Crippen LogP contribution in [-0.4, -0.2) is 80.5 Å². The Morgan fingerprint density at radius 1 is 1.08 bits per heavy atom. The average Bonchev–Trinajstić information content (AvgIpc) is 3.58. The van der Waals surface area contributed by atoms with E-state index in [1.54, 1.807) is 27.2 Å². The van der Waals surface area contributed by atoms with Gasteiger partial charge in [-0.15, -0.1) is 0 Å². The van der Waals surface area contributed by atoms with Crippen molar-refractivity contribution in [2.45, 2.75) is 56.9 Å². The fourth-order valence-electron chi connectivity index (χ4n) is 8.18. The van der Waals surface area contributed by atoms with Crippen LogP contribution in [0.25, 0.3) is 6.08 Å². The first-order valence-electron chi connectivity index (χ1n) is 16.0. The fraction of sp³-hybridized carbons (Fsp3) is 0.405. The summed E-state index contributed by atoms with van der Waals surface area (Å²) in [6, 6.07) is 12.3. The van der Waals surface area contributed by atoms with E-state index < -0.39 is 18.1 Å². The van der Waals surface area contributed by atoms with E-state index in [2.05, 4.69) is 21.9 Å². The number of phenolic OH excluding ortho intramolecular Hbond substituents is 1. The molecule has 3 aromatic carbocycles. The molecule has 4 aliphatic rings. The van der Waals surface area contributed by atoms with Crippen LogP contribution in [0, 0.1) is 25.2 Å². The van der Waals surface area contributed by atoms with Crippen LogP contribution in [0.2, 0.25) is 0 Å². The Morgan fingerprint density at radius 3 is 2.58 bits per heavy atom. The Balaban J connectivity index is 1.37. The number of phenols is 1. The lowest BCUT2D eigenvalue weighted by atomic mass is 9.71. The van der Waals surface area contributed by atoms with Crippen LogP contribution in [0.1, 0.15) is 51.0 Å². The number of piperazine rings is 1. The third-order valence-electron chi connectivity index (χ3n) is 10.2. The highest BCUT2D eigenvalue weighted by atomic mass is 16.7. The Hall–Kier alpha value is -4.76. The van der Waals surface area contributed by atoms with E-state index in [4.69, 9.17) is 28.4 Å². The van der Waals surface area contributed by atoms with Gasteiger partial charge in [0.15, 0.2) is 29.8 Å². The molecule has 0 radical (unpaired) electrons. The van der Waals surface area contributed by atoms with Gasteiger partial charge in [0.2, 0.25) is 6.79 Å². The molecule has 250 valence electrons. The summed E-state index contributed by atoms with van der Waals surface area (Å²) in [7, 11) is 5.24. The maximum atomic E-state index is 13.1. The van der Waals surface area contributed by atoms with Gasteiger partial charge < -0.3 is 33.5 Å². The van der Waals surface area contributed by atoms with Crippen LogP contribution < -0.4 is 18.9 Å². The molecule has 4 heterocycles. The minimum atomic E-state index is -0.615. The molecule has 5 atom stereocenters. The van der Waals surface area contributed by atoms with Gasteiger partial charge in [-0.05, 0) is 56.5 Å². The summed E-state index contributed by atoms with van der Waals surface area (Å²) >= 11 is 0. The van der Waals surface area contributed by atoms with Crippen LogP contribution in [0.5, 0.6) is 28.7 Å². The molecule has 0 amide bonds. The zero-order chi connectivity index (χ0) is 33.7. The summed E-state index contributed by atoms with van der Waals surface area (Å²) in [6.45, 7) is 3.75. The SMILES string of the molecule is COCOc1c(OC)c(C)cc2c1[C@H]1C3Cc4c(O)c(C)c5c(c4[C@H](COC(=O)/C=C/c4ccccc4)N3[C@@H](C#N)[C@@H](C2)N1C)OCO5. The molecule has 3 aromatic rings. The predicted molar refractivity (Wildman–Crippen MR) is 175 cm³/mol. The molecule has 7 rings (SSSR count). The second-order valence-corrected chi connectivity index (χ2v) is 12.7. The average molecular weight is 654 g/mol. The fourth-order valence-corrected chi connectivity index (χ4v) is 8.18. The number of aromatic hydroxyl groups is 1. The minimum Gasteiger partial charge on any atom is -0.507 e. The zero-order valence-corrected chi connectivity index (χ0v) is 27.7. The Labute approximate surface area is 279 Å². The van der Waals surface area contributed by atoms with Gasteiger partial charge in [-0.3, -0.25) is 9.80 Å². The third kappa shape index (κ3) is 5.03. The van der Waals surface area contributed by atoms with E-state index in [0.717, 1.165) is 22.3 Å². The second-order valence-electron chi connectivity index (χ2n) is 12.7. The molecule has 1 saturated heterocycles. The second kappa shape index (κ2) is 12.7. The molecule has 1 fully saturated rings. The number of esters is 1. The first kappa shape index (κ1) is 31.8. The van der Waals surface area contributed by atoms with Crippen molar-refractivity contribution >= 4 is 12.0 Å². The van der Waals surface area contributed by atoms with Gasteiger partial charge in [0.05, 0.1) is 25.3 Å². The number of fused-ring (bicyclic) bond motifs is 9. The van der Waals surface area contributed by atoms with Crippen molar-refractivity contribution in [3.05, 3.63) is 81.4 Å². The van der Waals surface area contributed by atoms with Gasteiger partial charge in [-0.25, -0.2) is 4.79 Å². The standard InChI is InChI=1S/C37H39N3O8/c1-20-13-23-14-25-27(16-38)40-26(32(39(25)3)30(23)36(34(20)44-5)46-18-43-4)15-24-31(37-35(47-19-48-37)21(2)33(24)42)28(40)17-45-29(41)12-11-22-9-7-6-8-10-22/h6-13,25-28,32,42H,14-15,17-19H2,1-5H3/b12-11+/t25-,26?,27+,28+,32-/m1/s1. The molecule has 0 aromatic heterocycles. The number of carbonyl (C=O) groups is 1. The molecule has 11 heteroatoms. The molecule has 0 saturated carbocycles. The van der Waals surface area contributed by atoms with Crippen LogP contribution >= 0.6 is 0 Å². The number of aryl methyl sites for hydroxylation is 1. The minimum absolute atomic E-state index is 0.00417. The maximum absolute atomic E-state index is 13.1. The molecule has 11 nitrogen and oxygen atoms in total. The van der Waals surface area contributed by atoms with E-state index in [1.807, 2.05) is 44.3 Å². The van der Waals surface area contributed by atoms with E-state index in [-0.39, 0.29) is 44.1 Å². The van der Waals surface area contributed by atoms with Crippen molar-refractivity contribution in [3.63, 3.8) is 0 Å². The molecule has 0 aliphatic carbocycles. The largest absolute Gasteiger partial charge is 0.507 e. The summed E-state index contributed by atoms with van der Waals surface area (Å²) in [5.74, 6) is 1.81. The normalized spacial score (nSPS) is 24.0. The van der Waals surface area contributed by atoms with Crippen LogP contribution in [0.3, 0.4) is 0 Å². The van der Waals surface area contributed by atoms with E-state index >= 15 is 0 Å². The molecule has 1 unspecified atom stereocenters. The predicted octanol–water partition coefficient (Wildman–Crippen LogP) is 4.76. The highest BCUT2D eigenvalue weighted by molar-refractivity contribution is 5.87. The number of likely N-dealkylation sites (N-methyl/N-ethyl adjacent to an activating group) is 1. The van der Waals surface area contributed by atoms with Gasteiger partial charge in [0, 0.05) is 47.5 Å². The highest BCUT2D eigenvalue weighted by Gasteiger charge is 2.57. The first-order chi connectivity index (χ1) is 23.3. The Kier molecular flexibility index (Phi) is 8.41. The van der Waals surface area contributed by atoms with Crippen molar-refractivity contribution in [2.75, 3.05) is 41.5 Å². The van der Waals surface area contributed by atoms with E-state index in [1.165, 1.54) is 6.08 Å². The van der Waals surface area contributed by atoms with Crippen molar-refractivity contribution in [3.8, 4) is 34.8 Å². The number of rotatable bonds is 8. The van der Waals surface area contributed by atoms with Gasteiger partial charge in [0.1, 0.15) is 18.4 Å². The van der Waals surface area contributed by atoms with Crippen molar-refractivity contribution < 1.29 is 38.3 Å². The number of methoxy groups -OCH3 is 2. The lowest BCUT2D eigenvalue weighted by Gasteiger charge is -2.59. The smallest absolute Gasteiger partial charge is 0.330 e. The Bertz CT molecular complexity index is 1820. The van der Waals surface area contributed by atoms with Gasteiger partial charge in [-0.1, -0.05) is 36.4 Å². The molecule has 2 bridgehead atoms. The Morgan fingerprint density at radius 2 is 1.85 bits per heavy atom. The number of hydrogen-bond donors (Lipinski definition) is 1. The summed E-state index contributed by atoms with van der Waals surface area (Å²) in [5, 5.41) is 22.5. The molecular weight excluding hydrogens is 614 g/mol. The molecule has 1 N–H and O–H groups in total. The zero-order valence-electron chi connectivity index (χ0n) is 27.7. The molecular formula is C37H39N3O8. The number of ether oxygens (including phenoxy) is 6. The van der Waals surface area contributed by atoms with Crippen LogP contribution in [0.4, 0.5) is 0 Å². The van der Waals surface area contributed by atoms with Gasteiger partial charge in [0.25, 0.3) is 0 Å². The number of nitrogens with zero attached hydrogens (tertiary/aromatic N) is 3. The number of nitriles is 1. The molecule has 0 spiro atoms. The molecule has 48 heavy (non-hydrogen) atoms. The lowest BCUT2D eigenvalue weighted by molar-refractivity contribution is -0.143. The first-order valence-corrected chi connectivity index (χ1v) is 16.0. The highest BCUT2D eigenvalue weighted by Crippen LogP contribution is 2.58. The van der Waals surface area contributed by atoms with Gasteiger partial charge >= 0.3 is 5.97 Å². The van der Waals surface area contributed by atoms with Crippen LogP contribution in [0.15, 0.2) is 42.5 Å².